The average Bonchev–Trinajstić information content (AvgIpc) is 3.22. The maximum atomic E-state index is 13.1. The first kappa shape index (κ1) is 22.3. The molecule has 0 aromatic carbocycles. The summed E-state index contributed by atoms with van der Waals surface area (Å²) in [5.41, 5.74) is 2.30. The number of halogens is 5. The maximum absolute atomic E-state index is 13.1. The van der Waals surface area contributed by atoms with Gasteiger partial charge in [-0.25, -0.2) is 8.78 Å². The van der Waals surface area contributed by atoms with Crippen molar-refractivity contribution in [2.45, 2.75) is 58.0 Å². The number of nitrogens with zero attached hydrogens (tertiary/aromatic N) is 4. The summed E-state index contributed by atoms with van der Waals surface area (Å²) in [6.07, 6.45) is -0.892. The summed E-state index contributed by atoms with van der Waals surface area (Å²) in [7, 11) is 0. The summed E-state index contributed by atoms with van der Waals surface area (Å²) in [6.45, 7) is 3.59. The van der Waals surface area contributed by atoms with Crippen molar-refractivity contribution >= 4 is 0 Å². The van der Waals surface area contributed by atoms with Crippen molar-refractivity contribution in [1.82, 2.24) is 19.6 Å². The van der Waals surface area contributed by atoms with Gasteiger partial charge in [-0.15, -0.1) is 13.2 Å². The van der Waals surface area contributed by atoms with Gasteiger partial charge in [0.05, 0.1) is 25.0 Å². The SMILES string of the molecule is CC(C)c1cc(CC(C)c2cnn(CCOC(F)(F)F)c2)nn1C(CF)CF. The zero-order chi connectivity index (χ0) is 20.9. The summed E-state index contributed by atoms with van der Waals surface area (Å²) < 4.78 is 68.9. The lowest BCUT2D eigenvalue weighted by molar-refractivity contribution is -0.325. The van der Waals surface area contributed by atoms with Crippen molar-refractivity contribution in [3.05, 3.63) is 35.4 Å². The Morgan fingerprint density at radius 3 is 2.39 bits per heavy atom. The molecule has 10 heteroatoms. The van der Waals surface area contributed by atoms with E-state index >= 15 is 0 Å². The number of hydrogen-bond acceptors (Lipinski definition) is 3. The van der Waals surface area contributed by atoms with E-state index in [2.05, 4.69) is 14.9 Å². The molecule has 0 fully saturated rings. The summed E-state index contributed by atoms with van der Waals surface area (Å²) in [5.74, 6) is 0.0448. The lowest BCUT2D eigenvalue weighted by atomic mass is 9.99. The van der Waals surface area contributed by atoms with Crippen LogP contribution in [0.15, 0.2) is 18.5 Å². The first-order chi connectivity index (χ1) is 13.1. The molecule has 0 radical (unpaired) electrons. The predicted molar refractivity (Wildman–Crippen MR) is 93.7 cm³/mol. The second-order valence-electron chi connectivity index (χ2n) is 7.06. The lowest BCUT2D eigenvalue weighted by Gasteiger charge is -2.15. The fraction of sp³-hybridized carbons (Fsp3) is 0.667. The molecule has 2 aromatic rings. The molecule has 0 saturated carbocycles. The third-order valence-electron chi connectivity index (χ3n) is 4.43. The highest BCUT2D eigenvalue weighted by atomic mass is 19.4. The van der Waals surface area contributed by atoms with Crippen LogP contribution in [-0.4, -0.2) is 45.9 Å². The van der Waals surface area contributed by atoms with Crippen LogP contribution < -0.4 is 0 Å². The fourth-order valence-corrected chi connectivity index (χ4v) is 2.90. The van der Waals surface area contributed by atoms with Gasteiger partial charge >= 0.3 is 6.36 Å². The molecule has 0 spiro atoms. The van der Waals surface area contributed by atoms with Crippen LogP contribution in [0.1, 0.15) is 55.6 Å². The second kappa shape index (κ2) is 9.49. The van der Waals surface area contributed by atoms with Crippen LogP contribution in [0.2, 0.25) is 0 Å². The minimum atomic E-state index is -4.66. The quantitative estimate of drug-likeness (QED) is 0.541. The van der Waals surface area contributed by atoms with E-state index in [1.807, 2.05) is 26.8 Å². The molecule has 0 aliphatic rings. The molecule has 0 N–H and O–H groups in total. The van der Waals surface area contributed by atoms with Gasteiger partial charge in [0.15, 0.2) is 0 Å². The predicted octanol–water partition coefficient (Wildman–Crippen LogP) is 4.57. The van der Waals surface area contributed by atoms with Crippen LogP contribution in [0.25, 0.3) is 0 Å². The number of alkyl halides is 5. The summed E-state index contributed by atoms with van der Waals surface area (Å²) in [4.78, 5) is 0. The maximum Gasteiger partial charge on any atom is 0.522 e. The van der Waals surface area contributed by atoms with Gasteiger partial charge in [-0.3, -0.25) is 14.1 Å². The Labute approximate surface area is 160 Å². The topological polar surface area (TPSA) is 44.9 Å². The highest BCUT2D eigenvalue weighted by Gasteiger charge is 2.28. The van der Waals surface area contributed by atoms with Crippen LogP contribution in [0.5, 0.6) is 0 Å². The standard InChI is InChI=1S/C18H25F5N4O/c1-12(2)17-7-15(25-27(17)16(8-19)9-20)6-13(3)14-10-24-26(11-14)4-5-28-18(21,22)23/h7,10-13,16H,4-6,8-9H2,1-3H3. The molecule has 1 atom stereocenters. The Kier molecular flexibility index (Phi) is 7.56. The van der Waals surface area contributed by atoms with Crippen molar-refractivity contribution in [1.29, 1.82) is 0 Å². The third kappa shape index (κ3) is 6.02. The van der Waals surface area contributed by atoms with Crippen molar-refractivity contribution < 1.29 is 26.7 Å². The monoisotopic (exact) mass is 408 g/mol. The molecular weight excluding hydrogens is 383 g/mol. The molecule has 0 saturated heterocycles. The largest absolute Gasteiger partial charge is 0.522 e. The first-order valence-corrected chi connectivity index (χ1v) is 9.07. The van der Waals surface area contributed by atoms with Gasteiger partial charge in [-0.2, -0.15) is 10.2 Å². The Hall–Kier alpha value is -1.97. The van der Waals surface area contributed by atoms with E-state index < -0.39 is 32.4 Å². The Morgan fingerprint density at radius 1 is 1.14 bits per heavy atom. The van der Waals surface area contributed by atoms with E-state index in [0.29, 0.717) is 12.1 Å². The van der Waals surface area contributed by atoms with Crippen LogP contribution in [-0.2, 0) is 17.7 Å². The summed E-state index contributed by atoms with van der Waals surface area (Å²) in [5, 5.41) is 8.44. The van der Waals surface area contributed by atoms with E-state index in [0.717, 1.165) is 11.3 Å². The molecule has 0 bridgehead atoms. The van der Waals surface area contributed by atoms with E-state index in [1.54, 1.807) is 12.4 Å². The van der Waals surface area contributed by atoms with Gasteiger partial charge < -0.3 is 0 Å². The van der Waals surface area contributed by atoms with E-state index in [4.69, 9.17) is 0 Å². The van der Waals surface area contributed by atoms with Gasteiger partial charge in [0, 0.05) is 11.9 Å². The molecule has 0 aliphatic heterocycles. The molecule has 5 nitrogen and oxygen atoms in total. The van der Waals surface area contributed by atoms with Crippen LogP contribution in [0.4, 0.5) is 22.0 Å². The smallest absolute Gasteiger partial charge is 0.290 e. The average molecular weight is 408 g/mol. The minimum Gasteiger partial charge on any atom is -0.290 e. The van der Waals surface area contributed by atoms with Crippen molar-refractivity contribution in [2.75, 3.05) is 20.0 Å². The number of rotatable bonds is 10. The van der Waals surface area contributed by atoms with Gasteiger partial charge in [-0.1, -0.05) is 20.8 Å². The minimum absolute atomic E-state index is 0.0187. The van der Waals surface area contributed by atoms with Crippen LogP contribution in [0.3, 0.4) is 0 Å². The van der Waals surface area contributed by atoms with E-state index in [-0.39, 0.29) is 18.4 Å². The summed E-state index contributed by atoms with van der Waals surface area (Å²) >= 11 is 0. The van der Waals surface area contributed by atoms with Crippen molar-refractivity contribution in [3.63, 3.8) is 0 Å². The van der Waals surface area contributed by atoms with E-state index in [9.17, 15) is 22.0 Å². The molecule has 0 aliphatic carbocycles. The summed E-state index contributed by atoms with van der Waals surface area (Å²) in [6, 6.07) is 0.916. The zero-order valence-electron chi connectivity index (χ0n) is 16.1. The highest BCUT2D eigenvalue weighted by molar-refractivity contribution is 5.19. The third-order valence-corrected chi connectivity index (χ3v) is 4.43. The van der Waals surface area contributed by atoms with Crippen LogP contribution >= 0.6 is 0 Å². The molecule has 0 amide bonds. The Morgan fingerprint density at radius 2 is 1.82 bits per heavy atom. The van der Waals surface area contributed by atoms with Gasteiger partial charge in [-0.05, 0) is 29.9 Å². The molecular formula is C18H25F5N4O. The molecule has 2 heterocycles. The van der Waals surface area contributed by atoms with Gasteiger partial charge in [0.1, 0.15) is 19.4 Å². The molecule has 1 unspecified atom stereocenters. The fourth-order valence-electron chi connectivity index (χ4n) is 2.90. The second-order valence-corrected chi connectivity index (χ2v) is 7.06. The van der Waals surface area contributed by atoms with Gasteiger partial charge in [0.2, 0.25) is 0 Å². The normalized spacial score (nSPS) is 13.6. The zero-order valence-corrected chi connectivity index (χ0v) is 16.1. The van der Waals surface area contributed by atoms with E-state index in [1.165, 1.54) is 9.36 Å². The Balaban J connectivity index is 2.04. The number of ether oxygens (including phenoxy) is 1. The van der Waals surface area contributed by atoms with Gasteiger partial charge in [0.25, 0.3) is 0 Å². The molecule has 2 aromatic heterocycles. The molecule has 158 valence electrons. The van der Waals surface area contributed by atoms with Crippen molar-refractivity contribution in [3.8, 4) is 0 Å². The lowest BCUT2D eigenvalue weighted by Crippen LogP contribution is -2.18. The first-order valence-electron chi connectivity index (χ1n) is 9.07. The Bertz CT molecular complexity index is 737. The van der Waals surface area contributed by atoms with Crippen molar-refractivity contribution in [2.24, 2.45) is 0 Å². The molecule has 28 heavy (non-hydrogen) atoms. The van der Waals surface area contributed by atoms with Crippen LogP contribution in [0, 0.1) is 0 Å². The number of aromatic nitrogens is 4. The highest BCUT2D eigenvalue weighted by Crippen LogP contribution is 2.25. The number of hydrogen-bond donors (Lipinski definition) is 0. The molecule has 2 rings (SSSR count).